The molecule has 3 N–H and O–H groups in total. The molecule has 5 nitrogen and oxygen atoms in total. The van der Waals surface area contributed by atoms with Gasteiger partial charge in [-0.25, -0.2) is 0 Å². The lowest BCUT2D eigenvalue weighted by molar-refractivity contribution is 0.0940. The Labute approximate surface area is 89.0 Å². The van der Waals surface area contributed by atoms with Crippen molar-refractivity contribution >= 4 is 5.91 Å². The van der Waals surface area contributed by atoms with Crippen molar-refractivity contribution in [1.82, 2.24) is 10.5 Å². The van der Waals surface area contributed by atoms with Crippen LogP contribution in [0, 0.1) is 0 Å². The molecule has 0 aliphatic rings. The maximum absolute atomic E-state index is 11.7. The van der Waals surface area contributed by atoms with E-state index in [4.69, 9.17) is 10.3 Å². The number of nitrogens with two attached hydrogens (primary N) is 1. The van der Waals surface area contributed by atoms with Crippen LogP contribution >= 0.6 is 0 Å². The Balaban J connectivity index is 2.96. The molecule has 15 heavy (non-hydrogen) atoms. The van der Waals surface area contributed by atoms with Crippen LogP contribution in [0.15, 0.2) is 10.8 Å². The number of aromatic nitrogens is 1. The largest absolute Gasteiger partial charge is 0.364 e. The third-order valence-electron chi connectivity index (χ3n) is 1.84. The first-order valence-electron chi connectivity index (χ1n) is 4.87. The summed E-state index contributed by atoms with van der Waals surface area (Å²) >= 11 is 0. The van der Waals surface area contributed by atoms with Gasteiger partial charge in [-0.15, -0.1) is 0 Å². The molecule has 0 radical (unpaired) electrons. The zero-order valence-electron chi connectivity index (χ0n) is 9.50. The molecule has 0 saturated heterocycles. The topological polar surface area (TPSA) is 81.2 Å². The van der Waals surface area contributed by atoms with Gasteiger partial charge in [-0.3, -0.25) is 4.79 Å². The molecule has 0 aromatic carbocycles. The monoisotopic (exact) mass is 211 g/mol. The van der Waals surface area contributed by atoms with Crippen molar-refractivity contribution in [1.29, 1.82) is 0 Å². The molecule has 0 atom stereocenters. The first-order valence-corrected chi connectivity index (χ1v) is 4.87. The van der Waals surface area contributed by atoms with Crippen LogP contribution in [0.2, 0.25) is 0 Å². The van der Waals surface area contributed by atoms with Gasteiger partial charge in [0.25, 0.3) is 5.91 Å². The van der Waals surface area contributed by atoms with Crippen molar-refractivity contribution in [2.45, 2.75) is 39.3 Å². The molecule has 0 unspecified atom stereocenters. The average Bonchev–Trinajstić information content (AvgIpc) is 2.48. The summed E-state index contributed by atoms with van der Waals surface area (Å²) in [4.78, 5) is 11.7. The first kappa shape index (κ1) is 11.7. The molecule has 0 saturated carbocycles. The van der Waals surface area contributed by atoms with E-state index in [0.717, 1.165) is 0 Å². The number of carbonyl (C=O) groups is 1. The molecule has 5 heteroatoms. The van der Waals surface area contributed by atoms with Crippen molar-refractivity contribution in [2.75, 3.05) is 0 Å². The predicted molar refractivity (Wildman–Crippen MR) is 56.3 cm³/mol. The van der Waals surface area contributed by atoms with Gasteiger partial charge in [0.1, 0.15) is 17.5 Å². The van der Waals surface area contributed by atoms with E-state index in [1.807, 2.05) is 13.8 Å². The van der Waals surface area contributed by atoms with Gasteiger partial charge >= 0.3 is 0 Å². The SMILES string of the molecule is CC(C)NC(=O)c1conc1C(C)(C)N. The zero-order chi connectivity index (χ0) is 11.6. The minimum atomic E-state index is -0.684. The normalized spacial score (nSPS) is 11.9. The lowest BCUT2D eigenvalue weighted by Crippen LogP contribution is -2.35. The van der Waals surface area contributed by atoms with Crippen LogP contribution in [0.3, 0.4) is 0 Å². The second-order valence-corrected chi connectivity index (χ2v) is 4.43. The van der Waals surface area contributed by atoms with Gasteiger partial charge in [0.15, 0.2) is 0 Å². The lowest BCUT2D eigenvalue weighted by Gasteiger charge is -2.16. The van der Waals surface area contributed by atoms with E-state index in [9.17, 15) is 4.79 Å². The highest BCUT2D eigenvalue weighted by molar-refractivity contribution is 5.95. The average molecular weight is 211 g/mol. The van der Waals surface area contributed by atoms with Crippen molar-refractivity contribution < 1.29 is 9.32 Å². The van der Waals surface area contributed by atoms with Crippen LogP contribution in [-0.4, -0.2) is 17.1 Å². The minimum absolute atomic E-state index is 0.0705. The summed E-state index contributed by atoms with van der Waals surface area (Å²) < 4.78 is 4.78. The molecule has 1 aromatic heterocycles. The van der Waals surface area contributed by atoms with E-state index in [0.29, 0.717) is 11.3 Å². The Morgan fingerprint density at radius 3 is 2.67 bits per heavy atom. The van der Waals surface area contributed by atoms with E-state index in [1.54, 1.807) is 13.8 Å². The second kappa shape index (κ2) is 4.02. The zero-order valence-corrected chi connectivity index (χ0v) is 9.50. The third kappa shape index (κ3) is 2.79. The predicted octanol–water partition coefficient (Wildman–Crippen LogP) is 1.01. The summed E-state index contributed by atoms with van der Waals surface area (Å²) in [6.45, 7) is 7.32. The molecule has 84 valence electrons. The van der Waals surface area contributed by atoms with Crippen LogP contribution in [0.25, 0.3) is 0 Å². The summed E-state index contributed by atoms with van der Waals surface area (Å²) in [6.07, 6.45) is 1.32. The number of nitrogens with one attached hydrogen (secondary N) is 1. The molecule has 0 aliphatic carbocycles. The maximum atomic E-state index is 11.7. The Morgan fingerprint density at radius 2 is 2.20 bits per heavy atom. The fourth-order valence-electron chi connectivity index (χ4n) is 1.20. The van der Waals surface area contributed by atoms with Crippen LogP contribution < -0.4 is 11.1 Å². The van der Waals surface area contributed by atoms with Gasteiger partial charge in [-0.05, 0) is 27.7 Å². The third-order valence-corrected chi connectivity index (χ3v) is 1.84. The minimum Gasteiger partial charge on any atom is -0.364 e. The van der Waals surface area contributed by atoms with Crippen molar-refractivity contribution in [3.63, 3.8) is 0 Å². The molecular formula is C10H17N3O2. The summed E-state index contributed by atoms with van der Waals surface area (Å²) in [5, 5.41) is 6.52. The Morgan fingerprint density at radius 1 is 1.60 bits per heavy atom. The van der Waals surface area contributed by atoms with Gasteiger partial charge in [-0.2, -0.15) is 0 Å². The highest BCUT2D eigenvalue weighted by Crippen LogP contribution is 2.19. The molecule has 1 aromatic rings. The van der Waals surface area contributed by atoms with Gasteiger partial charge in [0, 0.05) is 6.04 Å². The molecular weight excluding hydrogens is 194 g/mol. The van der Waals surface area contributed by atoms with E-state index >= 15 is 0 Å². The first-order chi connectivity index (χ1) is 6.82. The van der Waals surface area contributed by atoms with Crippen molar-refractivity contribution in [3.8, 4) is 0 Å². The van der Waals surface area contributed by atoms with E-state index in [1.165, 1.54) is 6.26 Å². The maximum Gasteiger partial charge on any atom is 0.256 e. The smallest absolute Gasteiger partial charge is 0.256 e. The van der Waals surface area contributed by atoms with Crippen LogP contribution in [-0.2, 0) is 5.54 Å². The fraction of sp³-hybridized carbons (Fsp3) is 0.600. The highest BCUT2D eigenvalue weighted by Gasteiger charge is 2.26. The second-order valence-electron chi connectivity index (χ2n) is 4.43. The Kier molecular flexibility index (Phi) is 3.14. The summed E-state index contributed by atoms with van der Waals surface area (Å²) in [6, 6.07) is 0.0705. The van der Waals surface area contributed by atoms with Gasteiger partial charge in [0.2, 0.25) is 0 Å². The number of amides is 1. The molecule has 0 bridgehead atoms. The summed E-state index contributed by atoms with van der Waals surface area (Å²) in [5.74, 6) is -0.209. The molecule has 1 rings (SSSR count). The molecule has 0 fully saturated rings. The lowest BCUT2D eigenvalue weighted by atomic mass is 9.98. The summed E-state index contributed by atoms with van der Waals surface area (Å²) in [7, 11) is 0. The summed E-state index contributed by atoms with van der Waals surface area (Å²) in [5.41, 5.74) is 6.06. The number of hydrogen-bond donors (Lipinski definition) is 2. The van der Waals surface area contributed by atoms with Crippen molar-refractivity contribution in [2.24, 2.45) is 5.73 Å². The highest BCUT2D eigenvalue weighted by atomic mass is 16.5. The number of hydrogen-bond acceptors (Lipinski definition) is 4. The van der Waals surface area contributed by atoms with E-state index in [-0.39, 0.29) is 11.9 Å². The Bertz CT molecular complexity index is 350. The van der Waals surface area contributed by atoms with Gasteiger partial charge in [-0.1, -0.05) is 5.16 Å². The quantitative estimate of drug-likeness (QED) is 0.781. The molecule has 1 heterocycles. The molecule has 1 amide bonds. The van der Waals surface area contributed by atoms with Crippen molar-refractivity contribution in [3.05, 3.63) is 17.5 Å². The fourth-order valence-corrected chi connectivity index (χ4v) is 1.20. The van der Waals surface area contributed by atoms with Crippen LogP contribution in [0.1, 0.15) is 43.7 Å². The van der Waals surface area contributed by atoms with E-state index < -0.39 is 5.54 Å². The number of nitrogens with zero attached hydrogens (tertiary/aromatic N) is 1. The van der Waals surface area contributed by atoms with Gasteiger partial charge < -0.3 is 15.6 Å². The number of carbonyl (C=O) groups excluding carboxylic acids is 1. The molecule has 0 spiro atoms. The van der Waals surface area contributed by atoms with Crippen LogP contribution in [0.4, 0.5) is 0 Å². The van der Waals surface area contributed by atoms with Crippen LogP contribution in [0.5, 0.6) is 0 Å². The standard InChI is InChI=1S/C10H17N3O2/c1-6(2)12-9(14)7-5-15-13-8(7)10(3,4)11/h5-6H,11H2,1-4H3,(H,12,14). The van der Waals surface area contributed by atoms with Gasteiger partial charge in [0.05, 0.1) is 5.54 Å². The Hall–Kier alpha value is -1.36. The van der Waals surface area contributed by atoms with E-state index in [2.05, 4.69) is 10.5 Å². The number of rotatable bonds is 3. The molecule has 0 aliphatic heterocycles.